The third kappa shape index (κ3) is 3.95. The maximum absolute atomic E-state index is 12.7. The molecule has 1 aromatic rings. The zero-order valence-electron chi connectivity index (χ0n) is 14.1. The van der Waals surface area contributed by atoms with Crippen LogP contribution in [0.1, 0.15) is 25.7 Å². The summed E-state index contributed by atoms with van der Waals surface area (Å²) in [4.78, 5) is 15.0. The number of carbonyl (C=O) groups is 1. The zero-order chi connectivity index (χ0) is 16.0. The molecular weight excluding hydrogens is 425 g/mol. The van der Waals surface area contributed by atoms with Crippen LogP contribution in [0.2, 0.25) is 0 Å². The number of anilines is 1. The van der Waals surface area contributed by atoms with Gasteiger partial charge in [0, 0.05) is 29.6 Å². The molecular formula is C18H26BrCl2N3O. The van der Waals surface area contributed by atoms with E-state index in [0.29, 0.717) is 11.8 Å². The van der Waals surface area contributed by atoms with Gasteiger partial charge in [-0.05, 0) is 65.6 Å². The van der Waals surface area contributed by atoms with Gasteiger partial charge in [0.1, 0.15) is 0 Å². The Morgan fingerprint density at radius 1 is 1.16 bits per heavy atom. The molecule has 1 amide bonds. The molecule has 0 aromatic heterocycles. The fourth-order valence-electron chi connectivity index (χ4n) is 4.83. The normalized spacial score (nSPS) is 32.9. The van der Waals surface area contributed by atoms with Gasteiger partial charge in [-0.25, -0.2) is 0 Å². The van der Waals surface area contributed by atoms with Gasteiger partial charge in [0.25, 0.3) is 0 Å². The lowest BCUT2D eigenvalue weighted by Crippen LogP contribution is -2.48. The van der Waals surface area contributed by atoms with E-state index >= 15 is 0 Å². The third-order valence-corrected chi connectivity index (χ3v) is 6.68. The molecule has 3 fully saturated rings. The first-order valence-electron chi connectivity index (χ1n) is 8.69. The Balaban J connectivity index is 0.00000113. The topological polar surface area (TPSA) is 58.4 Å². The molecule has 4 rings (SSSR count). The number of hydrogen-bond donors (Lipinski definition) is 2. The van der Waals surface area contributed by atoms with E-state index in [0.717, 1.165) is 30.4 Å². The summed E-state index contributed by atoms with van der Waals surface area (Å²) >= 11 is 3.62. The SMILES string of the molecule is Cl.Cl.NC1C2CCC(C2)C1C(=O)NC1CCN(c2ccccc2Br)C1. The van der Waals surface area contributed by atoms with Crippen molar-refractivity contribution in [3.8, 4) is 0 Å². The highest BCUT2D eigenvalue weighted by molar-refractivity contribution is 9.10. The van der Waals surface area contributed by atoms with Crippen LogP contribution in [0, 0.1) is 17.8 Å². The number of amides is 1. The van der Waals surface area contributed by atoms with E-state index in [2.05, 4.69) is 44.3 Å². The molecule has 5 atom stereocenters. The van der Waals surface area contributed by atoms with Crippen molar-refractivity contribution in [1.29, 1.82) is 0 Å². The van der Waals surface area contributed by atoms with Crippen LogP contribution in [0.4, 0.5) is 5.69 Å². The number of carbonyl (C=O) groups excluding carboxylic acids is 1. The molecule has 2 saturated carbocycles. The van der Waals surface area contributed by atoms with Gasteiger partial charge in [-0.1, -0.05) is 12.1 Å². The van der Waals surface area contributed by atoms with E-state index in [-0.39, 0.29) is 48.7 Å². The van der Waals surface area contributed by atoms with Gasteiger partial charge in [-0.3, -0.25) is 4.79 Å². The fraction of sp³-hybridized carbons (Fsp3) is 0.611. The van der Waals surface area contributed by atoms with Crippen LogP contribution in [0.3, 0.4) is 0 Å². The van der Waals surface area contributed by atoms with Crippen molar-refractivity contribution in [3.63, 3.8) is 0 Å². The minimum atomic E-state index is 0. The molecule has 3 aliphatic rings. The molecule has 1 saturated heterocycles. The van der Waals surface area contributed by atoms with Crippen LogP contribution in [0.25, 0.3) is 0 Å². The first-order chi connectivity index (χ1) is 11.1. The molecule has 1 aromatic carbocycles. The Kier molecular flexibility index (Phi) is 7.05. The van der Waals surface area contributed by atoms with Crippen molar-refractivity contribution in [2.24, 2.45) is 23.5 Å². The van der Waals surface area contributed by atoms with Gasteiger partial charge in [-0.15, -0.1) is 24.8 Å². The molecule has 2 aliphatic carbocycles. The van der Waals surface area contributed by atoms with Gasteiger partial charge in [0.2, 0.25) is 5.91 Å². The quantitative estimate of drug-likeness (QED) is 0.742. The smallest absolute Gasteiger partial charge is 0.225 e. The second kappa shape index (κ2) is 8.47. The zero-order valence-corrected chi connectivity index (χ0v) is 17.3. The molecule has 1 heterocycles. The van der Waals surface area contributed by atoms with Crippen LogP contribution < -0.4 is 16.0 Å². The Labute approximate surface area is 170 Å². The van der Waals surface area contributed by atoms with Crippen LogP contribution in [-0.4, -0.2) is 31.1 Å². The summed E-state index contributed by atoms with van der Waals surface area (Å²) < 4.78 is 1.11. The molecule has 4 nitrogen and oxygen atoms in total. The van der Waals surface area contributed by atoms with Crippen molar-refractivity contribution in [1.82, 2.24) is 5.32 Å². The second-order valence-electron chi connectivity index (χ2n) is 7.33. The van der Waals surface area contributed by atoms with E-state index in [4.69, 9.17) is 5.73 Å². The van der Waals surface area contributed by atoms with Gasteiger partial charge >= 0.3 is 0 Å². The molecule has 1 aliphatic heterocycles. The summed E-state index contributed by atoms with van der Waals surface area (Å²) in [7, 11) is 0. The van der Waals surface area contributed by atoms with Crippen molar-refractivity contribution >= 4 is 52.3 Å². The summed E-state index contributed by atoms with van der Waals surface area (Å²) in [5.74, 6) is 1.35. The largest absolute Gasteiger partial charge is 0.368 e. The predicted molar refractivity (Wildman–Crippen MR) is 110 cm³/mol. The third-order valence-electron chi connectivity index (χ3n) is 6.01. The first kappa shape index (κ1) is 20.8. The summed E-state index contributed by atoms with van der Waals surface area (Å²) in [6.07, 6.45) is 4.56. The van der Waals surface area contributed by atoms with E-state index < -0.39 is 0 Å². The molecule has 140 valence electrons. The van der Waals surface area contributed by atoms with Gasteiger partial charge < -0.3 is 16.0 Å². The maximum atomic E-state index is 12.7. The highest BCUT2D eigenvalue weighted by atomic mass is 79.9. The van der Waals surface area contributed by atoms with Gasteiger partial charge in [-0.2, -0.15) is 0 Å². The minimum Gasteiger partial charge on any atom is -0.368 e. The maximum Gasteiger partial charge on any atom is 0.225 e. The highest BCUT2D eigenvalue weighted by Gasteiger charge is 2.49. The average Bonchev–Trinajstić information content (AvgIpc) is 3.23. The molecule has 2 bridgehead atoms. The number of fused-ring (bicyclic) bond motifs is 2. The minimum absolute atomic E-state index is 0. The van der Waals surface area contributed by atoms with Crippen LogP contribution >= 0.6 is 40.7 Å². The van der Waals surface area contributed by atoms with Crippen molar-refractivity contribution < 1.29 is 4.79 Å². The Morgan fingerprint density at radius 2 is 1.88 bits per heavy atom. The standard InChI is InChI=1S/C18H24BrN3O.2ClH/c19-14-3-1-2-4-15(14)22-8-7-13(10-22)21-18(23)16-11-5-6-12(9-11)17(16)20;;/h1-4,11-13,16-17H,5-10,20H2,(H,21,23);2*1H. The van der Waals surface area contributed by atoms with Crippen LogP contribution in [0.15, 0.2) is 28.7 Å². The monoisotopic (exact) mass is 449 g/mol. The number of para-hydroxylation sites is 1. The molecule has 7 heteroatoms. The lowest BCUT2D eigenvalue weighted by atomic mass is 9.84. The number of nitrogens with two attached hydrogens (primary N) is 1. The summed E-state index contributed by atoms with van der Waals surface area (Å²) in [5, 5.41) is 3.28. The summed E-state index contributed by atoms with van der Waals surface area (Å²) in [6, 6.07) is 8.59. The number of halogens is 3. The Hall–Kier alpha value is -0.490. The number of nitrogens with one attached hydrogen (secondary N) is 1. The van der Waals surface area contributed by atoms with E-state index in [1.54, 1.807) is 0 Å². The lowest BCUT2D eigenvalue weighted by Gasteiger charge is -2.28. The summed E-state index contributed by atoms with van der Waals surface area (Å²) in [5.41, 5.74) is 7.51. The van der Waals surface area contributed by atoms with E-state index in [1.807, 2.05) is 6.07 Å². The molecule has 0 spiro atoms. The average molecular weight is 451 g/mol. The van der Waals surface area contributed by atoms with Crippen molar-refractivity contribution in [2.75, 3.05) is 18.0 Å². The first-order valence-corrected chi connectivity index (χ1v) is 9.48. The number of rotatable bonds is 3. The number of hydrogen-bond acceptors (Lipinski definition) is 3. The number of benzene rings is 1. The second-order valence-corrected chi connectivity index (χ2v) is 8.18. The van der Waals surface area contributed by atoms with E-state index in [9.17, 15) is 4.79 Å². The molecule has 25 heavy (non-hydrogen) atoms. The van der Waals surface area contributed by atoms with E-state index in [1.165, 1.54) is 18.5 Å². The lowest BCUT2D eigenvalue weighted by molar-refractivity contribution is -0.127. The Bertz CT molecular complexity index is 616. The number of nitrogens with zero attached hydrogens (tertiary/aromatic N) is 1. The fourth-order valence-corrected chi connectivity index (χ4v) is 5.36. The molecule has 3 N–H and O–H groups in total. The predicted octanol–water partition coefficient (Wildman–Crippen LogP) is 3.36. The highest BCUT2D eigenvalue weighted by Crippen LogP contribution is 2.47. The molecule has 5 unspecified atom stereocenters. The Morgan fingerprint density at radius 3 is 2.56 bits per heavy atom. The van der Waals surface area contributed by atoms with Gasteiger partial charge in [0.05, 0.1) is 11.6 Å². The van der Waals surface area contributed by atoms with Crippen LogP contribution in [0.5, 0.6) is 0 Å². The summed E-state index contributed by atoms with van der Waals surface area (Å²) in [6.45, 7) is 1.86. The van der Waals surface area contributed by atoms with Crippen molar-refractivity contribution in [3.05, 3.63) is 28.7 Å². The van der Waals surface area contributed by atoms with Crippen LogP contribution in [-0.2, 0) is 4.79 Å². The van der Waals surface area contributed by atoms with Crippen molar-refractivity contribution in [2.45, 2.75) is 37.8 Å². The molecule has 0 radical (unpaired) electrons. The van der Waals surface area contributed by atoms with Gasteiger partial charge in [0.15, 0.2) is 0 Å².